The zero-order valence-corrected chi connectivity index (χ0v) is 17.7. The number of anilines is 2. The van der Waals surface area contributed by atoms with E-state index in [-0.39, 0.29) is 0 Å². The van der Waals surface area contributed by atoms with Crippen LogP contribution in [0, 0.1) is 6.92 Å². The van der Waals surface area contributed by atoms with Gasteiger partial charge in [0.25, 0.3) is 0 Å². The number of aromatic nitrogens is 2. The number of hydrogen-bond acceptors (Lipinski definition) is 5. The minimum Gasteiger partial charge on any atom is -0.339 e. The number of nitrogens with one attached hydrogen (secondary N) is 1. The van der Waals surface area contributed by atoms with Crippen molar-refractivity contribution in [1.82, 2.24) is 9.97 Å². The third kappa shape index (κ3) is 4.37. The summed E-state index contributed by atoms with van der Waals surface area (Å²) in [7, 11) is 0. The fourth-order valence-corrected chi connectivity index (χ4v) is 4.99. The Bertz CT molecular complexity index is 1070. The monoisotopic (exact) mass is 405 g/mol. The summed E-state index contributed by atoms with van der Waals surface area (Å²) in [5.74, 6) is 0.879. The summed E-state index contributed by atoms with van der Waals surface area (Å²) in [6.07, 6.45) is 5.17. The van der Waals surface area contributed by atoms with Crippen molar-refractivity contribution in [3.05, 3.63) is 71.4 Å². The quantitative estimate of drug-likeness (QED) is 0.352. The largest absolute Gasteiger partial charge is 0.339 e. The topological polar surface area (TPSA) is 37.8 Å². The van der Waals surface area contributed by atoms with Crippen molar-refractivity contribution in [2.24, 2.45) is 0 Å². The van der Waals surface area contributed by atoms with Crippen LogP contribution in [0.1, 0.15) is 30.2 Å². The number of rotatable bonds is 7. The van der Waals surface area contributed by atoms with Gasteiger partial charge in [-0.2, -0.15) is 0 Å². The van der Waals surface area contributed by atoms with Crippen molar-refractivity contribution in [3.8, 4) is 0 Å². The van der Waals surface area contributed by atoms with E-state index in [1.807, 2.05) is 6.07 Å². The second-order valence-electron chi connectivity index (χ2n) is 6.80. The van der Waals surface area contributed by atoms with Crippen LogP contribution in [-0.2, 0) is 6.42 Å². The minimum atomic E-state index is 0.879. The molecule has 0 unspecified atom stereocenters. The Balaban J connectivity index is 1.67. The van der Waals surface area contributed by atoms with E-state index in [0.717, 1.165) is 28.1 Å². The Hall–Kier alpha value is -2.37. The van der Waals surface area contributed by atoms with Crippen LogP contribution in [-0.4, -0.2) is 9.97 Å². The van der Waals surface area contributed by atoms with Crippen molar-refractivity contribution in [2.75, 3.05) is 5.32 Å². The highest BCUT2D eigenvalue weighted by Gasteiger charge is 2.12. The van der Waals surface area contributed by atoms with Crippen LogP contribution in [0.2, 0.25) is 0 Å². The standard InChI is InChI=1S/C23H23N3S2/c1-3-4-8-18-14-19-22(24-15-25-23(19)28-18)26-20-13-16(2)11-12-21(20)27-17-9-6-5-7-10-17/h5-7,9-15H,3-4,8H2,1-2H3,(H,24,25,26). The van der Waals surface area contributed by atoms with Crippen LogP contribution in [0.5, 0.6) is 0 Å². The van der Waals surface area contributed by atoms with Gasteiger partial charge in [0.2, 0.25) is 0 Å². The van der Waals surface area contributed by atoms with E-state index in [2.05, 4.69) is 77.7 Å². The van der Waals surface area contributed by atoms with E-state index in [9.17, 15) is 0 Å². The molecule has 4 rings (SSSR count). The maximum absolute atomic E-state index is 4.55. The number of nitrogens with zero attached hydrogens (tertiary/aromatic N) is 2. The fraction of sp³-hybridized carbons (Fsp3) is 0.217. The molecule has 0 atom stereocenters. The lowest BCUT2D eigenvalue weighted by Crippen LogP contribution is -1.97. The normalized spacial score (nSPS) is 11.1. The van der Waals surface area contributed by atoms with Gasteiger partial charge in [0.15, 0.2) is 0 Å². The highest BCUT2D eigenvalue weighted by molar-refractivity contribution is 7.99. The molecule has 2 aromatic carbocycles. The number of benzene rings is 2. The van der Waals surface area contributed by atoms with Gasteiger partial charge in [0.1, 0.15) is 17.0 Å². The number of thiophene rings is 1. The van der Waals surface area contributed by atoms with Crippen molar-refractivity contribution in [3.63, 3.8) is 0 Å². The molecule has 0 radical (unpaired) electrons. The first kappa shape index (κ1) is 19.0. The van der Waals surface area contributed by atoms with Crippen molar-refractivity contribution >= 4 is 44.8 Å². The molecule has 5 heteroatoms. The Morgan fingerprint density at radius 2 is 1.89 bits per heavy atom. The van der Waals surface area contributed by atoms with Crippen molar-refractivity contribution < 1.29 is 0 Å². The highest BCUT2D eigenvalue weighted by Crippen LogP contribution is 2.37. The van der Waals surface area contributed by atoms with Gasteiger partial charge in [0.05, 0.1) is 11.1 Å². The summed E-state index contributed by atoms with van der Waals surface area (Å²) in [6.45, 7) is 4.34. The molecule has 1 N–H and O–H groups in total. The predicted molar refractivity (Wildman–Crippen MR) is 121 cm³/mol. The van der Waals surface area contributed by atoms with Crippen LogP contribution in [0.4, 0.5) is 11.5 Å². The zero-order chi connectivity index (χ0) is 19.3. The molecule has 0 fully saturated rings. The van der Waals surface area contributed by atoms with Gasteiger partial charge in [-0.15, -0.1) is 11.3 Å². The maximum Gasteiger partial charge on any atom is 0.142 e. The predicted octanol–water partition coefficient (Wildman–Crippen LogP) is 7.24. The highest BCUT2D eigenvalue weighted by atomic mass is 32.2. The third-order valence-corrected chi connectivity index (χ3v) is 6.70. The molecular weight excluding hydrogens is 382 g/mol. The lowest BCUT2D eigenvalue weighted by Gasteiger charge is -2.13. The second kappa shape index (κ2) is 8.76. The van der Waals surface area contributed by atoms with E-state index >= 15 is 0 Å². The second-order valence-corrected chi connectivity index (χ2v) is 9.03. The number of hydrogen-bond donors (Lipinski definition) is 1. The summed E-state index contributed by atoms with van der Waals surface area (Å²) in [5.41, 5.74) is 2.30. The van der Waals surface area contributed by atoms with Gasteiger partial charge < -0.3 is 5.32 Å². The summed E-state index contributed by atoms with van der Waals surface area (Å²) in [6, 6.07) is 19.2. The van der Waals surface area contributed by atoms with E-state index in [4.69, 9.17) is 0 Å². The van der Waals surface area contributed by atoms with Gasteiger partial charge in [-0.05, 0) is 55.7 Å². The van der Waals surface area contributed by atoms with Crippen LogP contribution >= 0.6 is 23.1 Å². The summed E-state index contributed by atoms with van der Waals surface area (Å²) < 4.78 is 0. The molecule has 0 saturated carbocycles. The molecular formula is C23H23N3S2. The summed E-state index contributed by atoms with van der Waals surface area (Å²) >= 11 is 3.54. The lowest BCUT2D eigenvalue weighted by atomic mass is 10.2. The van der Waals surface area contributed by atoms with Crippen LogP contribution in [0.3, 0.4) is 0 Å². The molecule has 0 aliphatic heterocycles. The first-order valence-electron chi connectivity index (χ1n) is 9.57. The molecule has 4 aromatic rings. The molecule has 142 valence electrons. The zero-order valence-electron chi connectivity index (χ0n) is 16.1. The van der Waals surface area contributed by atoms with Gasteiger partial charge in [-0.1, -0.05) is 49.4 Å². The first-order valence-corrected chi connectivity index (χ1v) is 11.2. The Morgan fingerprint density at radius 3 is 2.71 bits per heavy atom. The molecule has 3 nitrogen and oxygen atoms in total. The maximum atomic E-state index is 4.55. The van der Waals surface area contributed by atoms with Crippen molar-refractivity contribution in [1.29, 1.82) is 0 Å². The van der Waals surface area contributed by atoms with E-state index < -0.39 is 0 Å². The van der Waals surface area contributed by atoms with Gasteiger partial charge in [-0.25, -0.2) is 9.97 Å². The molecule has 2 aromatic heterocycles. The first-order chi connectivity index (χ1) is 13.7. The van der Waals surface area contributed by atoms with Gasteiger partial charge in [-0.3, -0.25) is 0 Å². The summed E-state index contributed by atoms with van der Waals surface area (Å²) in [5, 5.41) is 4.69. The lowest BCUT2D eigenvalue weighted by molar-refractivity contribution is 0.804. The van der Waals surface area contributed by atoms with Gasteiger partial charge in [0, 0.05) is 14.7 Å². The minimum absolute atomic E-state index is 0.879. The Labute approximate surface area is 174 Å². The molecule has 28 heavy (non-hydrogen) atoms. The number of fused-ring (bicyclic) bond motifs is 1. The van der Waals surface area contributed by atoms with E-state index in [0.29, 0.717) is 0 Å². The van der Waals surface area contributed by atoms with Crippen LogP contribution in [0.15, 0.2) is 70.7 Å². The molecule has 2 heterocycles. The molecule has 0 spiro atoms. The average Bonchev–Trinajstić information content (AvgIpc) is 3.13. The number of aryl methyl sites for hydroxylation is 2. The van der Waals surface area contributed by atoms with Crippen molar-refractivity contribution in [2.45, 2.75) is 42.9 Å². The SMILES string of the molecule is CCCCc1cc2c(Nc3cc(C)ccc3Sc3ccccc3)ncnc2s1. The van der Waals surface area contributed by atoms with Crippen LogP contribution in [0.25, 0.3) is 10.2 Å². The third-order valence-electron chi connectivity index (χ3n) is 4.52. The van der Waals surface area contributed by atoms with Crippen LogP contribution < -0.4 is 5.32 Å². The molecule has 0 saturated heterocycles. The number of unbranched alkanes of at least 4 members (excludes halogenated alkanes) is 1. The Morgan fingerprint density at radius 1 is 1.04 bits per heavy atom. The summed E-state index contributed by atoms with van der Waals surface area (Å²) in [4.78, 5) is 13.9. The fourth-order valence-electron chi connectivity index (χ4n) is 3.05. The molecule has 0 bridgehead atoms. The molecule has 0 amide bonds. The Kier molecular flexibility index (Phi) is 5.93. The van der Waals surface area contributed by atoms with E-state index in [1.54, 1.807) is 29.4 Å². The average molecular weight is 406 g/mol. The van der Waals surface area contributed by atoms with Gasteiger partial charge >= 0.3 is 0 Å². The smallest absolute Gasteiger partial charge is 0.142 e. The molecule has 0 aliphatic carbocycles. The molecule has 0 aliphatic rings. The van der Waals surface area contributed by atoms with E-state index in [1.165, 1.54) is 33.1 Å².